The van der Waals surface area contributed by atoms with Crippen LogP contribution in [0.3, 0.4) is 0 Å². The summed E-state index contributed by atoms with van der Waals surface area (Å²) in [6.45, 7) is 3.66. The van der Waals surface area contributed by atoms with Crippen LogP contribution in [0.4, 0.5) is 0 Å². The van der Waals surface area contributed by atoms with Crippen molar-refractivity contribution in [3.8, 4) is 6.07 Å². The Morgan fingerprint density at radius 3 is 2.55 bits per heavy atom. The van der Waals surface area contributed by atoms with E-state index in [-0.39, 0.29) is 0 Å². The SMILES string of the molecule is C/C=C/COCCCC1CCC(c2ccc(C#N)cc2)CC1. The van der Waals surface area contributed by atoms with Gasteiger partial charge in [0.1, 0.15) is 0 Å². The minimum absolute atomic E-state index is 0.690. The highest BCUT2D eigenvalue weighted by molar-refractivity contribution is 5.33. The lowest BCUT2D eigenvalue weighted by Crippen LogP contribution is -2.14. The molecule has 0 unspecified atom stereocenters. The molecule has 1 aromatic carbocycles. The number of ether oxygens (including phenoxy) is 1. The molecule has 0 radical (unpaired) electrons. The van der Waals surface area contributed by atoms with E-state index in [1.807, 2.05) is 25.1 Å². The van der Waals surface area contributed by atoms with Crippen LogP contribution in [0.15, 0.2) is 36.4 Å². The van der Waals surface area contributed by atoms with Crippen LogP contribution in [0.1, 0.15) is 62.5 Å². The highest BCUT2D eigenvalue weighted by Gasteiger charge is 2.21. The van der Waals surface area contributed by atoms with Crippen molar-refractivity contribution in [2.24, 2.45) is 5.92 Å². The molecule has 0 saturated heterocycles. The van der Waals surface area contributed by atoms with Gasteiger partial charge in [-0.25, -0.2) is 0 Å². The van der Waals surface area contributed by atoms with Gasteiger partial charge < -0.3 is 4.74 Å². The molecule has 0 atom stereocenters. The van der Waals surface area contributed by atoms with Crippen LogP contribution in [0.2, 0.25) is 0 Å². The summed E-state index contributed by atoms with van der Waals surface area (Å²) in [4.78, 5) is 0. The third kappa shape index (κ3) is 5.31. The maximum atomic E-state index is 8.86. The van der Waals surface area contributed by atoms with Gasteiger partial charge >= 0.3 is 0 Å². The molecule has 0 heterocycles. The molecule has 22 heavy (non-hydrogen) atoms. The van der Waals surface area contributed by atoms with Gasteiger partial charge in [0.25, 0.3) is 0 Å². The predicted octanol–water partition coefficient (Wildman–Crippen LogP) is 5.20. The molecule has 2 nitrogen and oxygen atoms in total. The van der Waals surface area contributed by atoms with Crippen molar-refractivity contribution in [2.45, 2.75) is 51.4 Å². The number of nitrogens with zero attached hydrogens (tertiary/aromatic N) is 1. The number of rotatable bonds is 7. The predicted molar refractivity (Wildman–Crippen MR) is 90.7 cm³/mol. The minimum atomic E-state index is 0.690. The fourth-order valence-corrected chi connectivity index (χ4v) is 3.34. The second-order valence-corrected chi connectivity index (χ2v) is 6.24. The fourth-order valence-electron chi connectivity index (χ4n) is 3.34. The molecular formula is C20H27NO. The van der Waals surface area contributed by atoms with Gasteiger partial charge in [-0.1, -0.05) is 24.3 Å². The van der Waals surface area contributed by atoms with Gasteiger partial charge in [-0.2, -0.15) is 5.26 Å². The van der Waals surface area contributed by atoms with Crippen LogP contribution in [0.25, 0.3) is 0 Å². The van der Waals surface area contributed by atoms with E-state index in [9.17, 15) is 0 Å². The second-order valence-electron chi connectivity index (χ2n) is 6.24. The standard InChI is InChI=1S/C20H27NO/c1-2-3-14-22-15-4-5-17-6-10-19(11-7-17)20-12-8-18(16-21)9-13-20/h2-3,8-9,12-13,17,19H,4-7,10-11,14-15H2,1H3/b3-2+. The van der Waals surface area contributed by atoms with Gasteiger partial charge in [-0.05, 0) is 75.0 Å². The van der Waals surface area contributed by atoms with Crippen molar-refractivity contribution in [1.82, 2.24) is 0 Å². The average molecular weight is 297 g/mol. The summed E-state index contributed by atoms with van der Waals surface area (Å²) in [6, 6.07) is 10.4. The Morgan fingerprint density at radius 1 is 1.18 bits per heavy atom. The van der Waals surface area contributed by atoms with Gasteiger partial charge in [0.2, 0.25) is 0 Å². The summed E-state index contributed by atoms with van der Waals surface area (Å²) in [7, 11) is 0. The molecule has 1 aliphatic rings. The van der Waals surface area contributed by atoms with E-state index >= 15 is 0 Å². The molecule has 0 aromatic heterocycles. The van der Waals surface area contributed by atoms with Gasteiger partial charge in [0.15, 0.2) is 0 Å². The second kappa shape index (κ2) is 9.43. The zero-order valence-electron chi connectivity index (χ0n) is 13.6. The van der Waals surface area contributed by atoms with Crippen LogP contribution >= 0.6 is 0 Å². The summed E-state index contributed by atoms with van der Waals surface area (Å²) in [6.07, 6.45) is 11.8. The summed E-state index contributed by atoms with van der Waals surface area (Å²) in [5.74, 6) is 1.56. The third-order valence-electron chi connectivity index (χ3n) is 4.71. The van der Waals surface area contributed by atoms with E-state index in [1.54, 1.807) is 0 Å². The quantitative estimate of drug-likeness (QED) is 0.511. The van der Waals surface area contributed by atoms with E-state index < -0.39 is 0 Å². The lowest BCUT2D eigenvalue weighted by atomic mass is 9.77. The first-order valence-corrected chi connectivity index (χ1v) is 8.52. The highest BCUT2D eigenvalue weighted by atomic mass is 16.5. The Bertz CT molecular complexity index is 489. The first kappa shape index (κ1) is 16.8. The van der Waals surface area contributed by atoms with Crippen molar-refractivity contribution in [3.63, 3.8) is 0 Å². The number of allylic oxidation sites excluding steroid dienone is 1. The first-order valence-electron chi connectivity index (χ1n) is 8.52. The van der Waals surface area contributed by atoms with Gasteiger partial charge in [0, 0.05) is 6.61 Å². The lowest BCUT2D eigenvalue weighted by molar-refractivity contribution is 0.149. The first-order chi connectivity index (χ1) is 10.8. The van der Waals surface area contributed by atoms with Gasteiger partial charge in [-0.15, -0.1) is 0 Å². The topological polar surface area (TPSA) is 33.0 Å². The normalized spacial score (nSPS) is 21.8. The Labute approximate surface area is 134 Å². The van der Waals surface area contributed by atoms with Crippen LogP contribution < -0.4 is 0 Å². The molecule has 2 rings (SSSR count). The number of hydrogen-bond acceptors (Lipinski definition) is 2. The minimum Gasteiger partial charge on any atom is -0.377 e. The zero-order chi connectivity index (χ0) is 15.6. The molecule has 0 bridgehead atoms. The van der Waals surface area contributed by atoms with Gasteiger partial charge in [0.05, 0.1) is 18.2 Å². The number of hydrogen-bond donors (Lipinski definition) is 0. The van der Waals surface area contributed by atoms with Crippen molar-refractivity contribution in [3.05, 3.63) is 47.5 Å². The molecule has 1 aliphatic carbocycles. The molecule has 0 N–H and O–H groups in total. The van der Waals surface area contributed by atoms with E-state index in [0.717, 1.165) is 24.7 Å². The molecule has 1 fully saturated rings. The van der Waals surface area contributed by atoms with E-state index in [1.165, 1.54) is 44.1 Å². The molecule has 2 heteroatoms. The third-order valence-corrected chi connectivity index (χ3v) is 4.71. The van der Waals surface area contributed by atoms with Crippen molar-refractivity contribution in [2.75, 3.05) is 13.2 Å². The van der Waals surface area contributed by atoms with E-state index in [2.05, 4.69) is 24.3 Å². The Balaban J connectivity index is 1.66. The molecule has 0 aliphatic heterocycles. The van der Waals surface area contributed by atoms with Crippen LogP contribution in [-0.2, 0) is 4.74 Å². The van der Waals surface area contributed by atoms with E-state index in [0.29, 0.717) is 5.92 Å². The van der Waals surface area contributed by atoms with Crippen LogP contribution in [-0.4, -0.2) is 13.2 Å². The molecule has 118 valence electrons. The van der Waals surface area contributed by atoms with Crippen molar-refractivity contribution >= 4 is 0 Å². The Morgan fingerprint density at radius 2 is 1.91 bits per heavy atom. The Hall–Kier alpha value is -1.59. The molecule has 0 spiro atoms. The Kier molecular flexibility index (Phi) is 7.19. The zero-order valence-corrected chi connectivity index (χ0v) is 13.6. The smallest absolute Gasteiger partial charge is 0.0991 e. The van der Waals surface area contributed by atoms with Gasteiger partial charge in [-0.3, -0.25) is 0 Å². The molecule has 1 saturated carbocycles. The monoisotopic (exact) mass is 297 g/mol. The maximum absolute atomic E-state index is 8.86. The molecule has 1 aromatic rings. The molecule has 0 amide bonds. The number of benzene rings is 1. The summed E-state index contributed by atoms with van der Waals surface area (Å²) >= 11 is 0. The maximum Gasteiger partial charge on any atom is 0.0991 e. The lowest BCUT2D eigenvalue weighted by Gasteiger charge is -2.28. The highest BCUT2D eigenvalue weighted by Crippen LogP contribution is 2.37. The average Bonchev–Trinajstić information content (AvgIpc) is 2.59. The van der Waals surface area contributed by atoms with Crippen LogP contribution in [0, 0.1) is 17.2 Å². The fraction of sp³-hybridized carbons (Fsp3) is 0.550. The van der Waals surface area contributed by atoms with Crippen LogP contribution in [0.5, 0.6) is 0 Å². The largest absolute Gasteiger partial charge is 0.377 e. The van der Waals surface area contributed by atoms with E-state index in [4.69, 9.17) is 10.00 Å². The summed E-state index contributed by atoms with van der Waals surface area (Å²) in [5, 5.41) is 8.86. The number of nitriles is 1. The van der Waals surface area contributed by atoms with Crippen molar-refractivity contribution in [1.29, 1.82) is 5.26 Å². The summed E-state index contributed by atoms with van der Waals surface area (Å²) in [5.41, 5.74) is 2.17. The summed E-state index contributed by atoms with van der Waals surface area (Å²) < 4.78 is 5.56. The molecular weight excluding hydrogens is 270 g/mol. The van der Waals surface area contributed by atoms with Crippen molar-refractivity contribution < 1.29 is 4.74 Å².